The average Bonchev–Trinajstić information content (AvgIpc) is 2.81. The molecule has 1 fully saturated rings. The summed E-state index contributed by atoms with van der Waals surface area (Å²) in [7, 11) is 0. The van der Waals surface area contributed by atoms with Gasteiger partial charge in [0.05, 0.1) is 18.3 Å². The van der Waals surface area contributed by atoms with E-state index in [1.54, 1.807) is 6.07 Å². The number of fused-ring (bicyclic) bond motifs is 1. The lowest BCUT2D eigenvalue weighted by Crippen LogP contribution is -2.43. The van der Waals surface area contributed by atoms with Crippen molar-refractivity contribution in [3.05, 3.63) is 71.2 Å². The number of carbonyl (C=O) groups excluding carboxylic acids is 2. The fraction of sp³-hybridized carbons (Fsp3) is 0.308. The molecule has 0 bridgehead atoms. The second kappa shape index (κ2) is 10.2. The molecule has 0 spiro atoms. The number of piperidine rings is 1. The number of benzene rings is 3. The lowest BCUT2D eigenvalue weighted by Gasteiger charge is -2.31. The third kappa shape index (κ3) is 5.64. The van der Waals surface area contributed by atoms with Crippen molar-refractivity contribution in [3.63, 3.8) is 0 Å². The van der Waals surface area contributed by atoms with Crippen molar-refractivity contribution in [2.75, 3.05) is 25.0 Å². The average molecular weight is 466 g/mol. The number of phenolic OH excluding ortho intramolecular Hbond substituents is 1. The molecule has 6 nitrogen and oxygen atoms in total. The van der Waals surface area contributed by atoms with Gasteiger partial charge >= 0.3 is 0 Å². The van der Waals surface area contributed by atoms with Gasteiger partial charge in [0.2, 0.25) is 11.8 Å². The Bertz CT molecular complexity index is 1150. The number of likely N-dealkylation sites (tertiary alicyclic amines) is 1. The molecule has 0 radical (unpaired) electrons. The summed E-state index contributed by atoms with van der Waals surface area (Å²) in [4.78, 5) is 27.4. The maximum Gasteiger partial charge on any atom is 0.234 e. The quantitative estimate of drug-likeness (QED) is 0.460. The number of rotatable bonds is 6. The van der Waals surface area contributed by atoms with Gasteiger partial charge in [-0.2, -0.15) is 0 Å². The summed E-state index contributed by atoms with van der Waals surface area (Å²) in [6, 6.07) is 18.8. The summed E-state index contributed by atoms with van der Waals surface area (Å²) in [5.41, 5.74) is 1.41. The Balaban J connectivity index is 1.27. The predicted octanol–water partition coefficient (Wildman–Crippen LogP) is 4.73. The number of hydrogen-bond acceptors (Lipinski definition) is 4. The fourth-order valence-electron chi connectivity index (χ4n) is 4.39. The van der Waals surface area contributed by atoms with Crippen molar-refractivity contribution in [2.24, 2.45) is 5.92 Å². The number of halogens is 1. The van der Waals surface area contributed by atoms with Gasteiger partial charge in [-0.15, -0.1) is 0 Å². The number of nitrogens with zero attached hydrogens (tertiary/aromatic N) is 1. The minimum absolute atomic E-state index is 0.0119. The molecule has 1 aliphatic heterocycles. The zero-order valence-corrected chi connectivity index (χ0v) is 19.3. The maximum atomic E-state index is 12.7. The van der Waals surface area contributed by atoms with E-state index in [4.69, 9.17) is 11.6 Å². The van der Waals surface area contributed by atoms with Crippen LogP contribution in [0.5, 0.6) is 5.75 Å². The van der Waals surface area contributed by atoms with Gasteiger partial charge in [0, 0.05) is 10.9 Å². The molecular weight excluding hydrogens is 438 g/mol. The third-order valence-corrected chi connectivity index (χ3v) is 6.44. The van der Waals surface area contributed by atoms with E-state index in [1.807, 2.05) is 25.1 Å². The highest BCUT2D eigenvalue weighted by molar-refractivity contribution is 6.31. The molecule has 1 saturated heterocycles. The molecule has 3 aromatic rings. The number of phenols is 1. The van der Waals surface area contributed by atoms with E-state index in [-0.39, 0.29) is 29.5 Å². The lowest BCUT2D eigenvalue weighted by atomic mass is 9.95. The Labute approximate surface area is 198 Å². The van der Waals surface area contributed by atoms with Crippen LogP contribution in [0.3, 0.4) is 0 Å². The van der Waals surface area contributed by atoms with Crippen LogP contribution in [-0.2, 0) is 9.59 Å². The summed E-state index contributed by atoms with van der Waals surface area (Å²) >= 11 is 5.95. The monoisotopic (exact) mass is 465 g/mol. The summed E-state index contributed by atoms with van der Waals surface area (Å²) in [5.74, 6) is -0.345. The molecule has 1 atom stereocenters. The third-order valence-electron chi connectivity index (χ3n) is 6.21. The van der Waals surface area contributed by atoms with Gasteiger partial charge in [-0.1, -0.05) is 54.1 Å². The summed E-state index contributed by atoms with van der Waals surface area (Å²) in [6.07, 6.45) is 1.30. The number of aromatic hydroxyl groups is 1. The molecule has 0 saturated carbocycles. The molecule has 2 amide bonds. The van der Waals surface area contributed by atoms with Crippen LogP contribution in [0.25, 0.3) is 10.8 Å². The van der Waals surface area contributed by atoms with E-state index >= 15 is 0 Å². The summed E-state index contributed by atoms with van der Waals surface area (Å²) < 4.78 is 0. The first-order chi connectivity index (χ1) is 15.9. The Morgan fingerprint density at radius 3 is 2.61 bits per heavy atom. The Kier molecular flexibility index (Phi) is 7.16. The van der Waals surface area contributed by atoms with Crippen LogP contribution in [-0.4, -0.2) is 41.5 Å². The van der Waals surface area contributed by atoms with Crippen LogP contribution in [0.4, 0.5) is 5.69 Å². The van der Waals surface area contributed by atoms with Crippen molar-refractivity contribution in [1.82, 2.24) is 10.2 Å². The fourth-order valence-corrected chi connectivity index (χ4v) is 4.56. The normalized spacial score (nSPS) is 15.8. The zero-order valence-electron chi connectivity index (χ0n) is 18.6. The van der Waals surface area contributed by atoms with Gasteiger partial charge in [0.25, 0.3) is 0 Å². The van der Waals surface area contributed by atoms with Crippen molar-refractivity contribution in [2.45, 2.75) is 25.8 Å². The first-order valence-electron chi connectivity index (χ1n) is 11.2. The summed E-state index contributed by atoms with van der Waals surface area (Å²) in [6.45, 7) is 3.63. The molecule has 33 heavy (non-hydrogen) atoms. The van der Waals surface area contributed by atoms with Crippen LogP contribution < -0.4 is 10.6 Å². The molecule has 0 aromatic heterocycles. The van der Waals surface area contributed by atoms with Crippen LogP contribution in [0, 0.1) is 5.92 Å². The van der Waals surface area contributed by atoms with E-state index in [9.17, 15) is 14.7 Å². The molecule has 0 aliphatic carbocycles. The molecule has 1 aliphatic rings. The van der Waals surface area contributed by atoms with Gasteiger partial charge in [0.1, 0.15) is 5.75 Å². The molecule has 1 unspecified atom stereocenters. The number of nitrogens with one attached hydrogen (secondary N) is 2. The van der Waals surface area contributed by atoms with Crippen LogP contribution in [0.1, 0.15) is 31.4 Å². The number of anilines is 1. The highest BCUT2D eigenvalue weighted by Gasteiger charge is 2.27. The maximum absolute atomic E-state index is 12.7. The summed E-state index contributed by atoms with van der Waals surface area (Å²) in [5, 5.41) is 18.5. The first kappa shape index (κ1) is 23.1. The molecule has 3 aromatic carbocycles. The highest BCUT2D eigenvalue weighted by Crippen LogP contribution is 2.28. The van der Waals surface area contributed by atoms with Crippen molar-refractivity contribution < 1.29 is 14.7 Å². The minimum atomic E-state index is -0.169. The second-order valence-electron chi connectivity index (χ2n) is 8.56. The van der Waals surface area contributed by atoms with Gasteiger partial charge < -0.3 is 15.7 Å². The van der Waals surface area contributed by atoms with E-state index < -0.39 is 0 Å². The molecular formula is C26H28ClN3O3. The Hall–Kier alpha value is -3.09. The highest BCUT2D eigenvalue weighted by atomic mass is 35.5. The molecule has 1 heterocycles. The molecule has 7 heteroatoms. The van der Waals surface area contributed by atoms with Crippen LogP contribution in [0.15, 0.2) is 60.7 Å². The van der Waals surface area contributed by atoms with Gasteiger partial charge in [-0.25, -0.2) is 0 Å². The zero-order chi connectivity index (χ0) is 23.4. The first-order valence-corrected chi connectivity index (χ1v) is 11.6. The smallest absolute Gasteiger partial charge is 0.234 e. The van der Waals surface area contributed by atoms with Crippen LogP contribution in [0.2, 0.25) is 5.02 Å². The van der Waals surface area contributed by atoms with Gasteiger partial charge in [-0.3, -0.25) is 14.5 Å². The standard InChI is InChI=1S/C26H28ClN3O3/c1-17(21-8-4-6-18-5-2-3-7-22(18)21)28-25(32)16-30-13-11-19(12-14-30)26(33)29-23-15-20(27)9-10-24(23)31/h2-10,15,17,19,31H,11-14,16H2,1H3,(H,28,32)(H,29,33). The number of hydrogen-bond donors (Lipinski definition) is 3. The van der Waals surface area contributed by atoms with E-state index in [0.29, 0.717) is 43.2 Å². The van der Waals surface area contributed by atoms with Crippen molar-refractivity contribution >= 4 is 39.9 Å². The molecule has 4 rings (SSSR count). The van der Waals surface area contributed by atoms with Crippen molar-refractivity contribution in [3.8, 4) is 5.75 Å². The minimum Gasteiger partial charge on any atom is -0.506 e. The number of carbonyl (C=O) groups is 2. The van der Waals surface area contributed by atoms with Crippen LogP contribution >= 0.6 is 11.6 Å². The largest absolute Gasteiger partial charge is 0.506 e. The topological polar surface area (TPSA) is 81.7 Å². The Morgan fingerprint density at radius 1 is 1.09 bits per heavy atom. The number of amides is 2. The van der Waals surface area contributed by atoms with E-state index in [1.165, 1.54) is 12.1 Å². The SMILES string of the molecule is CC(NC(=O)CN1CCC(C(=O)Nc2cc(Cl)ccc2O)CC1)c1cccc2ccccc12. The second-order valence-corrected chi connectivity index (χ2v) is 9.00. The van der Waals surface area contributed by atoms with E-state index in [2.05, 4.69) is 39.8 Å². The van der Waals surface area contributed by atoms with Crippen molar-refractivity contribution in [1.29, 1.82) is 0 Å². The Morgan fingerprint density at radius 2 is 1.82 bits per heavy atom. The van der Waals surface area contributed by atoms with Gasteiger partial charge in [-0.05, 0) is 67.4 Å². The lowest BCUT2D eigenvalue weighted by molar-refractivity contribution is -0.124. The van der Waals surface area contributed by atoms with Gasteiger partial charge in [0.15, 0.2) is 0 Å². The predicted molar refractivity (Wildman–Crippen MR) is 131 cm³/mol. The van der Waals surface area contributed by atoms with E-state index in [0.717, 1.165) is 16.3 Å². The molecule has 172 valence electrons. The molecule has 3 N–H and O–H groups in total.